The first-order chi connectivity index (χ1) is 27.3. The van der Waals surface area contributed by atoms with Crippen molar-refractivity contribution in [3.05, 3.63) is 200 Å². The molecule has 0 spiro atoms. The molecule has 2 heterocycles. The van der Waals surface area contributed by atoms with Crippen molar-refractivity contribution in [2.75, 3.05) is 4.90 Å². The molecule has 9 aromatic carbocycles. The highest BCUT2D eigenvalue weighted by Crippen LogP contribution is 2.47. The summed E-state index contributed by atoms with van der Waals surface area (Å²) in [5.74, 6) is 0. The van der Waals surface area contributed by atoms with E-state index in [4.69, 9.17) is 0 Å². The van der Waals surface area contributed by atoms with Crippen molar-refractivity contribution in [1.82, 2.24) is 0 Å². The van der Waals surface area contributed by atoms with Gasteiger partial charge in [0.2, 0.25) is 0 Å². The van der Waals surface area contributed by atoms with Gasteiger partial charge in [-0.05, 0) is 75.5 Å². The summed E-state index contributed by atoms with van der Waals surface area (Å²) in [7, 11) is 0. The first-order valence-corrected chi connectivity index (χ1v) is 20.3. The maximum Gasteiger partial charge on any atom is 0.0540 e. The minimum atomic E-state index is 1.11. The van der Waals surface area contributed by atoms with Gasteiger partial charge in [-0.1, -0.05) is 158 Å². The Hall–Kier alpha value is -6.52. The van der Waals surface area contributed by atoms with Gasteiger partial charge in [0, 0.05) is 62.8 Å². The molecule has 11 aromatic rings. The number of fused-ring (bicyclic) bond motifs is 7. The third kappa shape index (κ3) is 5.35. The Labute approximate surface area is 327 Å². The summed E-state index contributed by atoms with van der Waals surface area (Å²) in [6.07, 6.45) is 0. The Morgan fingerprint density at radius 3 is 1.40 bits per heavy atom. The lowest BCUT2D eigenvalue weighted by Gasteiger charge is -2.28. The van der Waals surface area contributed by atoms with Gasteiger partial charge in [-0.25, -0.2) is 0 Å². The minimum absolute atomic E-state index is 1.11. The van der Waals surface area contributed by atoms with Crippen LogP contribution >= 0.6 is 22.7 Å². The second kappa shape index (κ2) is 13.1. The summed E-state index contributed by atoms with van der Waals surface area (Å²) < 4.78 is 5.28. The molecular formula is C52H33NS2. The third-order valence-corrected chi connectivity index (χ3v) is 13.3. The van der Waals surface area contributed by atoms with Gasteiger partial charge in [-0.3, -0.25) is 0 Å². The molecule has 0 aliphatic rings. The van der Waals surface area contributed by atoms with E-state index >= 15 is 0 Å². The summed E-state index contributed by atoms with van der Waals surface area (Å²) in [4.78, 5) is 2.43. The molecule has 0 bridgehead atoms. The van der Waals surface area contributed by atoms with Crippen LogP contribution in [0.25, 0.3) is 84.5 Å². The van der Waals surface area contributed by atoms with Crippen LogP contribution in [0, 0.1) is 0 Å². The molecule has 0 saturated carbocycles. The fraction of sp³-hybridized carbons (Fsp3) is 0. The molecule has 0 atom stereocenters. The SMILES string of the molecule is c1ccc(N(c2ccc(-c3cccc4ccccc34)cc2)c2ccc(-c3cccc4c3sc3ccccc34)cc2)c(-c2cccc3c2sc2ccccc23)c1. The molecule has 0 N–H and O–H groups in total. The number of anilines is 3. The van der Waals surface area contributed by atoms with Crippen molar-refractivity contribution in [2.24, 2.45) is 0 Å². The molecule has 0 saturated heterocycles. The molecule has 0 aliphatic heterocycles. The van der Waals surface area contributed by atoms with E-state index in [1.807, 2.05) is 22.7 Å². The molecule has 0 fully saturated rings. The van der Waals surface area contributed by atoms with E-state index in [-0.39, 0.29) is 0 Å². The Morgan fingerprint density at radius 1 is 0.291 bits per heavy atom. The van der Waals surface area contributed by atoms with Gasteiger partial charge in [0.05, 0.1) is 5.69 Å². The van der Waals surface area contributed by atoms with Crippen LogP contribution < -0.4 is 4.90 Å². The van der Waals surface area contributed by atoms with Crippen molar-refractivity contribution >= 4 is 90.9 Å². The molecule has 2 aromatic heterocycles. The van der Waals surface area contributed by atoms with Gasteiger partial charge < -0.3 is 4.90 Å². The van der Waals surface area contributed by atoms with E-state index in [9.17, 15) is 0 Å². The molecule has 0 aliphatic carbocycles. The van der Waals surface area contributed by atoms with Crippen molar-refractivity contribution < 1.29 is 0 Å². The van der Waals surface area contributed by atoms with E-state index in [1.165, 1.54) is 84.5 Å². The smallest absolute Gasteiger partial charge is 0.0540 e. The summed E-state index contributed by atoms with van der Waals surface area (Å²) in [6, 6.07) is 73.3. The lowest BCUT2D eigenvalue weighted by atomic mass is 9.97. The zero-order valence-electron chi connectivity index (χ0n) is 29.8. The monoisotopic (exact) mass is 735 g/mol. The van der Waals surface area contributed by atoms with Gasteiger partial charge in [0.1, 0.15) is 0 Å². The van der Waals surface area contributed by atoms with Crippen LogP contribution in [0.2, 0.25) is 0 Å². The standard InChI is InChI=1S/C52H33NS2/c1-2-14-39-34(12-1)13-9-18-40(39)35-26-30-37(31-27-35)53(38-32-28-36(29-33-38)41-19-10-21-46-43-16-4-7-24-49(43)54-51(41)46)48-23-6-3-15-42(48)45-20-11-22-47-44-17-5-8-25-50(44)55-52(45)47/h1-33H. The van der Waals surface area contributed by atoms with Crippen LogP contribution in [0.15, 0.2) is 200 Å². The predicted molar refractivity (Wildman–Crippen MR) is 241 cm³/mol. The largest absolute Gasteiger partial charge is 0.310 e. The number of benzene rings is 9. The van der Waals surface area contributed by atoms with Gasteiger partial charge in [-0.15, -0.1) is 22.7 Å². The van der Waals surface area contributed by atoms with Crippen molar-refractivity contribution in [3.63, 3.8) is 0 Å². The van der Waals surface area contributed by atoms with Crippen LogP contribution in [0.5, 0.6) is 0 Å². The fourth-order valence-electron chi connectivity index (χ4n) is 8.31. The minimum Gasteiger partial charge on any atom is -0.310 e. The molecule has 0 unspecified atom stereocenters. The van der Waals surface area contributed by atoms with Gasteiger partial charge in [0.25, 0.3) is 0 Å². The third-order valence-electron chi connectivity index (χ3n) is 10.9. The van der Waals surface area contributed by atoms with Crippen molar-refractivity contribution in [2.45, 2.75) is 0 Å². The Balaban J connectivity index is 1.08. The molecule has 0 amide bonds. The van der Waals surface area contributed by atoms with Crippen molar-refractivity contribution in [1.29, 1.82) is 0 Å². The zero-order chi connectivity index (χ0) is 36.3. The lowest BCUT2D eigenvalue weighted by molar-refractivity contribution is 1.28. The average molecular weight is 736 g/mol. The highest BCUT2D eigenvalue weighted by atomic mass is 32.1. The van der Waals surface area contributed by atoms with E-state index in [1.54, 1.807) is 0 Å². The number of para-hydroxylation sites is 1. The van der Waals surface area contributed by atoms with Gasteiger partial charge in [0.15, 0.2) is 0 Å². The summed E-state index contributed by atoms with van der Waals surface area (Å²) >= 11 is 3.76. The second-order valence-electron chi connectivity index (χ2n) is 14.0. The first kappa shape index (κ1) is 32.0. The van der Waals surface area contributed by atoms with Crippen LogP contribution in [0.4, 0.5) is 17.1 Å². The Morgan fingerprint density at radius 2 is 0.727 bits per heavy atom. The normalized spacial score (nSPS) is 11.6. The summed E-state index contributed by atoms with van der Waals surface area (Å²) in [5.41, 5.74) is 10.8. The van der Waals surface area contributed by atoms with Crippen molar-refractivity contribution in [3.8, 4) is 33.4 Å². The number of nitrogens with zero attached hydrogens (tertiary/aromatic N) is 1. The van der Waals surface area contributed by atoms with Crippen LogP contribution in [-0.2, 0) is 0 Å². The fourth-order valence-corrected chi connectivity index (χ4v) is 10.8. The highest BCUT2D eigenvalue weighted by molar-refractivity contribution is 7.26. The predicted octanol–water partition coefficient (Wildman–Crippen LogP) is 16.0. The topological polar surface area (TPSA) is 3.24 Å². The lowest BCUT2D eigenvalue weighted by Crippen LogP contribution is -2.11. The molecule has 0 radical (unpaired) electrons. The first-order valence-electron chi connectivity index (χ1n) is 18.7. The highest BCUT2D eigenvalue weighted by Gasteiger charge is 2.20. The Kier molecular flexibility index (Phi) is 7.61. The quantitative estimate of drug-likeness (QED) is 0.164. The molecule has 258 valence electrons. The number of hydrogen-bond donors (Lipinski definition) is 0. The van der Waals surface area contributed by atoms with Crippen LogP contribution in [0.3, 0.4) is 0 Å². The number of thiophene rings is 2. The van der Waals surface area contributed by atoms with E-state index in [0.29, 0.717) is 0 Å². The van der Waals surface area contributed by atoms with Gasteiger partial charge in [-0.2, -0.15) is 0 Å². The van der Waals surface area contributed by atoms with E-state index < -0.39 is 0 Å². The molecule has 55 heavy (non-hydrogen) atoms. The maximum atomic E-state index is 2.43. The molecule has 3 heteroatoms. The van der Waals surface area contributed by atoms with Crippen LogP contribution in [-0.4, -0.2) is 0 Å². The van der Waals surface area contributed by atoms with Crippen LogP contribution in [0.1, 0.15) is 0 Å². The number of hydrogen-bond acceptors (Lipinski definition) is 3. The maximum absolute atomic E-state index is 2.43. The Bertz CT molecular complexity index is 3200. The van der Waals surface area contributed by atoms with E-state index in [2.05, 4.69) is 205 Å². The molecule has 11 rings (SSSR count). The second-order valence-corrected chi connectivity index (χ2v) is 16.1. The zero-order valence-corrected chi connectivity index (χ0v) is 31.4. The molecule has 1 nitrogen and oxygen atoms in total. The van der Waals surface area contributed by atoms with Gasteiger partial charge >= 0.3 is 0 Å². The molecular weight excluding hydrogens is 703 g/mol. The summed E-state index contributed by atoms with van der Waals surface area (Å²) in [6.45, 7) is 0. The van der Waals surface area contributed by atoms with E-state index in [0.717, 1.165) is 17.1 Å². The number of rotatable bonds is 6. The summed E-state index contributed by atoms with van der Waals surface area (Å²) in [5, 5.41) is 7.77. The average Bonchev–Trinajstić information content (AvgIpc) is 3.83.